The van der Waals surface area contributed by atoms with Gasteiger partial charge in [0, 0.05) is 58.1 Å². The quantitative estimate of drug-likeness (QED) is 0.0851. The van der Waals surface area contributed by atoms with Gasteiger partial charge < -0.3 is 14.8 Å². The fraction of sp³-hybridized carbons (Fsp3) is 0.390. The summed E-state index contributed by atoms with van der Waals surface area (Å²) in [6.45, 7) is 14.8. The molecule has 5 aromatic rings. The Balaban J connectivity index is 0.000000237. The van der Waals surface area contributed by atoms with Crippen molar-refractivity contribution in [3.63, 3.8) is 0 Å². The van der Waals surface area contributed by atoms with Gasteiger partial charge in [0.2, 0.25) is 10.0 Å². The highest BCUT2D eigenvalue weighted by Gasteiger charge is 2.26. The number of hydrogen-bond donors (Lipinski definition) is 3. The molecule has 0 spiro atoms. The zero-order valence-corrected chi connectivity index (χ0v) is 33.0. The number of carbonyl (C=O) groups excluding carboxylic acids is 1. The van der Waals surface area contributed by atoms with Crippen LogP contribution in [0.5, 0.6) is 11.5 Å². The Morgan fingerprint density at radius 3 is 2.21 bits per heavy atom. The maximum absolute atomic E-state index is 12.8. The third kappa shape index (κ3) is 11.2. The summed E-state index contributed by atoms with van der Waals surface area (Å²) in [5, 5.41) is 17.8. The first-order valence-electron chi connectivity index (χ1n) is 18.1. The van der Waals surface area contributed by atoms with Crippen LogP contribution in [0.25, 0.3) is 11.3 Å². The molecule has 0 saturated heterocycles. The summed E-state index contributed by atoms with van der Waals surface area (Å²) >= 11 is 0. The standard InChI is InChI=1S/C21H23N3O2.C20H31N3O3S/c1-3-4-20(25)15-5-9-18(10-6-15)22-13-17-14-23-24-21(17)16-7-11-19(26-2)12-8-16;1-7-15(3)26-18-11-9-10-17(12-18)23(27(24,25)8-2)14-16-13-21-22-19(16)20(4,5)6/h5-12,14,22H,3-4,13H2,1-2H3,(H,23,24);9-13,15H,7-8,14H2,1-6H3,(H,21,22). The number of nitrogens with zero attached hydrogens (tertiary/aromatic N) is 3. The lowest BCUT2D eigenvalue weighted by molar-refractivity contribution is 0.0981. The van der Waals surface area contributed by atoms with Crippen LogP contribution in [0.15, 0.2) is 85.2 Å². The molecule has 0 aliphatic carbocycles. The SMILES string of the molecule is CCC(C)Oc1cccc(N(Cc2cn[nH]c2C(C)(C)C)S(=O)(=O)CC)c1.CCCC(=O)c1ccc(NCc2cn[nH]c2-c2ccc(OC)cc2)cc1. The van der Waals surface area contributed by atoms with E-state index in [1.54, 1.807) is 32.4 Å². The number of carbonyl (C=O) groups is 1. The molecule has 3 N–H and O–H groups in total. The van der Waals surface area contributed by atoms with Gasteiger partial charge in [0.1, 0.15) is 11.5 Å². The fourth-order valence-corrected chi connectivity index (χ4v) is 6.65. The molecule has 0 amide bonds. The minimum absolute atomic E-state index is 0.0200. The Bertz CT molecular complexity index is 2000. The summed E-state index contributed by atoms with van der Waals surface area (Å²) in [5.41, 5.74) is 7.09. The van der Waals surface area contributed by atoms with Gasteiger partial charge in [0.15, 0.2) is 5.78 Å². The number of benzene rings is 3. The van der Waals surface area contributed by atoms with Gasteiger partial charge in [-0.3, -0.25) is 19.3 Å². The first-order chi connectivity index (χ1) is 25.3. The first-order valence-corrected chi connectivity index (χ1v) is 19.7. The molecular weight excluding hydrogens is 689 g/mol. The summed E-state index contributed by atoms with van der Waals surface area (Å²) in [5.74, 6) is 1.70. The van der Waals surface area contributed by atoms with Gasteiger partial charge in [-0.2, -0.15) is 10.2 Å². The number of anilines is 2. The lowest BCUT2D eigenvalue weighted by Gasteiger charge is -2.26. The molecule has 3 aromatic carbocycles. The average molecular weight is 743 g/mol. The molecule has 1 unspecified atom stereocenters. The molecule has 12 heteroatoms. The molecule has 11 nitrogen and oxygen atoms in total. The van der Waals surface area contributed by atoms with Gasteiger partial charge in [-0.15, -0.1) is 0 Å². The number of sulfonamides is 1. The highest BCUT2D eigenvalue weighted by atomic mass is 32.2. The van der Waals surface area contributed by atoms with E-state index in [-0.39, 0.29) is 29.6 Å². The van der Waals surface area contributed by atoms with Gasteiger partial charge in [-0.25, -0.2) is 8.42 Å². The van der Waals surface area contributed by atoms with Crippen molar-refractivity contribution in [3.8, 4) is 22.8 Å². The maximum Gasteiger partial charge on any atom is 0.235 e. The number of ether oxygens (including phenoxy) is 2. The monoisotopic (exact) mass is 742 g/mol. The number of aromatic amines is 2. The molecule has 5 rings (SSSR count). The minimum atomic E-state index is -3.47. The van der Waals surface area contributed by atoms with Crippen molar-refractivity contribution >= 4 is 27.2 Å². The van der Waals surface area contributed by atoms with Gasteiger partial charge >= 0.3 is 0 Å². The molecule has 0 aliphatic heterocycles. The topological polar surface area (TPSA) is 142 Å². The van der Waals surface area contributed by atoms with E-state index in [9.17, 15) is 13.2 Å². The van der Waals surface area contributed by atoms with Crippen molar-refractivity contribution in [2.45, 2.75) is 92.3 Å². The second-order valence-corrected chi connectivity index (χ2v) is 16.0. The Hall–Kier alpha value is -5.10. The molecular formula is C41H54N6O5S. The summed E-state index contributed by atoms with van der Waals surface area (Å²) < 4.78 is 38.2. The Kier molecular flexibility index (Phi) is 14.3. The molecule has 284 valence electrons. The van der Waals surface area contributed by atoms with Crippen LogP contribution in [-0.2, 0) is 28.5 Å². The van der Waals surface area contributed by atoms with E-state index >= 15 is 0 Å². The second kappa shape index (κ2) is 18.6. The molecule has 0 saturated carbocycles. The third-order valence-corrected chi connectivity index (χ3v) is 10.5. The van der Waals surface area contributed by atoms with E-state index in [1.807, 2.05) is 80.7 Å². The van der Waals surface area contributed by atoms with E-state index in [2.05, 4.69) is 53.4 Å². The van der Waals surface area contributed by atoms with Crippen molar-refractivity contribution < 1.29 is 22.7 Å². The summed E-state index contributed by atoms with van der Waals surface area (Å²) in [6, 6.07) is 22.8. The van der Waals surface area contributed by atoms with Crippen LogP contribution < -0.4 is 19.1 Å². The molecule has 0 aliphatic rings. The van der Waals surface area contributed by atoms with Gasteiger partial charge in [-0.1, -0.05) is 40.7 Å². The summed E-state index contributed by atoms with van der Waals surface area (Å²) in [6.07, 6.45) is 5.94. The number of aromatic nitrogens is 4. The van der Waals surface area contributed by atoms with Gasteiger partial charge in [0.25, 0.3) is 0 Å². The van der Waals surface area contributed by atoms with Crippen molar-refractivity contribution in [3.05, 3.63) is 108 Å². The third-order valence-electron chi connectivity index (χ3n) is 8.76. The molecule has 0 radical (unpaired) electrons. The number of rotatable bonds is 16. The number of H-pyrrole nitrogens is 2. The number of ketones is 1. The second-order valence-electron chi connectivity index (χ2n) is 13.9. The largest absolute Gasteiger partial charge is 0.497 e. The van der Waals surface area contributed by atoms with Gasteiger partial charge in [0.05, 0.1) is 49.3 Å². The van der Waals surface area contributed by atoms with E-state index in [1.165, 1.54) is 4.31 Å². The molecule has 53 heavy (non-hydrogen) atoms. The fourth-order valence-electron chi connectivity index (χ4n) is 5.56. The Morgan fingerprint density at radius 1 is 0.906 bits per heavy atom. The van der Waals surface area contributed by atoms with Crippen LogP contribution in [0.2, 0.25) is 0 Å². The Labute approximate surface area is 314 Å². The Morgan fingerprint density at radius 2 is 1.58 bits per heavy atom. The summed E-state index contributed by atoms with van der Waals surface area (Å²) in [7, 11) is -1.81. The van der Waals surface area contributed by atoms with Crippen LogP contribution in [0.4, 0.5) is 11.4 Å². The number of methoxy groups -OCH3 is 1. The highest BCUT2D eigenvalue weighted by molar-refractivity contribution is 7.92. The zero-order chi connectivity index (χ0) is 38.6. The first kappa shape index (κ1) is 40.7. The van der Waals surface area contributed by atoms with Crippen molar-refractivity contribution in [1.82, 2.24) is 20.4 Å². The molecule has 2 aromatic heterocycles. The van der Waals surface area contributed by atoms with E-state index in [0.29, 0.717) is 24.4 Å². The predicted octanol–water partition coefficient (Wildman–Crippen LogP) is 8.92. The normalized spacial score (nSPS) is 12.0. The molecule has 0 fully saturated rings. The predicted molar refractivity (Wildman–Crippen MR) is 213 cm³/mol. The van der Waals surface area contributed by atoms with Crippen LogP contribution in [-0.4, -0.2) is 53.6 Å². The lowest BCUT2D eigenvalue weighted by atomic mass is 9.89. The van der Waals surface area contributed by atoms with Crippen LogP contribution >= 0.6 is 0 Å². The maximum atomic E-state index is 12.8. The van der Waals surface area contributed by atoms with Crippen LogP contribution in [0.3, 0.4) is 0 Å². The van der Waals surface area contributed by atoms with Crippen molar-refractivity contribution in [2.24, 2.45) is 0 Å². The average Bonchev–Trinajstić information content (AvgIpc) is 3.84. The van der Waals surface area contributed by atoms with E-state index < -0.39 is 10.0 Å². The van der Waals surface area contributed by atoms with Crippen molar-refractivity contribution in [1.29, 1.82) is 0 Å². The van der Waals surface area contributed by atoms with Crippen molar-refractivity contribution in [2.75, 3.05) is 22.5 Å². The minimum Gasteiger partial charge on any atom is -0.497 e. The van der Waals surface area contributed by atoms with Gasteiger partial charge in [-0.05, 0) is 87.4 Å². The smallest absolute Gasteiger partial charge is 0.235 e. The highest BCUT2D eigenvalue weighted by Crippen LogP contribution is 2.30. The summed E-state index contributed by atoms with van der Waals surface area (Å²) in [4.78, 5) is 11.9. The number of hydrogen-bond acceptors (Lipinski definition) is 8. The molecule has 1 atom stereocenters. The van der Waals surface area contributed by atoms with E-state index in [0.717, 1.165) is 57.9 Å². The zero-order valence-electron chi connectivity index (χ0n) is 32.2. The lowest BCUT2D eigenvalue weighted by Crippen LogP contribution is -2.32. The van der Waals surface area contributed by atoms with Crippen LogP contribution in [0, 0.1) is 0 Å². The number of Topliss-reactive ketones (excluding diaryl/α,β-unsaturated/α-hetero) is 1. The molecule has 2 heterocycles. The van der Waals surface area contributed by atoms with Crippen LogP contribution in [0.1, 0.15) is 94.9 Å². The molecule has 0 bridgehead atoms. The number of nitrogens with one attached hydrogen (secondary N) is 3. The van der Waals surface area contributed by atoms with E-state index in [4.69, 9.17) is 9.47 Å².